The van der Waals surface area contributed by atoms with Gasteiger partial charge in [0.15, 0.2) is 9.84 Å². The van der Waals surface area contributed by atoms with E-state index >= 15 is 0 Å². The summed E-state index contributed by atoms with van der Waals surface area (Å²) in [7, 11) is -3.23. The fourth-order valence-corrected chi connectivity index (χ4v) is 2.46. The average molecular weight is 277 g/mol. The molecule has 0 unspecified atom stereocenters. The van der Waals surface area contributed by atoms with Crippen molar-refractivity contribution in [3.05, 3.63) is 52.8 Å². The molecule has 0 bridgehead atoms. The number of aryl methyl sites for hydroxylation is 1. The Kier molecular flexibility index (Phi) is 3.32. The van der Waals surface area contributed by atoms with Crippen LogP contribution in [0.2, 0.25) is 0 Å². The number of carbonyl (C=O) groups excluding carboxylic acids is 1. The number of carbonyl (C=O) groups is 1. The van der Waals surface area contributed by atoms with Crippen LogP contribution in [0.3, 0.4) is 0 Å². The summed E-state index contributed by atoms with van der Waals surface area (Å²) < 4.78 is 22.7. The fraction of sp³-hybridized carbons (Fsp3) is 0.214. The van der Waals surface area contributed by atoms with E-state index in [9.17, 15) is 13.2 Å². The van der Waals surface area contributed by atoms with Gasteiger partial charge in [-0.3, -0.25) is 4.79 Å². The largest absolute Gasteiger partial charge is 0.358 e. The SMILES string of the molecule is Cc1c[nH]c(C(=O)c2ccc(S(C)(=O)=O)cc2)c1C. The Balaban J connectivity index is 2.38. The zero-order valence-electron chi connectivity index (χ0n) is 11.0. The average Bonchev–Trinajstić information content (AvgIpc) is 2.68. The standard InChI is InChI=1S/C14H15NO3S/c1-9-8-15-13(10(9)2)14(16)11-4-6-12(7-5-11)19(3,17)18/h4-8,15H,1-3H3. The first-order chi connectivity index (χ1) is 8.80. The molecule has 0 aliphatic heterocycles. The number of hydrogen-bond acceptors (Lipinski definition) is 3. The zero-order chi connectivity index (χ0) is 14.2. The second kappa shape index (κ2) is 4.66. The lowest BCUT2D eigenvalue weighted by atomic mass is 10.0. The van der Waals surface area contributed by atoms with Gasteiger partial charge in [-0.1, -0.05) is 0 Å². The van der Waals surface area contributed by atoms with Gasteiger partial charge in [0.25, 0.3) is 0 Å². The molecule has 100 valence electrons. The van der Waals surface area contributed by atoms with Crippen LogP contribution in [0.25, 0.3) is 0 Å². The second-order valence-electron chi connectivity index (χ2n) is 4.60. The van der Waals surface area contributed by atoms with Crippen LogP contribution in [-0.2, 0) is 9.84 Å². The minimum atomic E-state index is -3.23. The maximum Gasteiger partial charge on any atom is 0.209 e. The molecule has 1 aromatic carbocycles. The predicted molar refractivity (Wildman–Crippen MR) is 73.3 cm³/mol. The van der Waals surface area contributed by atoms with Gasteiger partial charge < -0.3 is 4.98 Å². The summed E-state index contributed by atoms with van der Waals surface area (Å²) in [5.41, 5.74) is 2.95. The third kappa shape index (κ3) is 2.61. The molecule has 5 heteroatoms. The maximum atomic E-state index is 12.3. The van der Waals surface area contributed by atoms with E-state index in [2.05, 4.69) is 4.98 Å². The molecule has 0 spiro atoms. The molecule has 0 atom stereocenters. The predicted octanol–water partition coefficient (Wildman–Crippen LogP) is 2.27. The van der Waals surface area contributed by atoms with Gasteiger partial charge >= 0.3 is 0 Å². The highest BCUT2D eigenvalue weighted by Gasteiger charge is 2.15. The summed E-state index contributed by atoms with van der Waals surface area (Å²) in [6.07, 6.45) is 2.93. The molecule has 0 saturated heterocycles. The number of aromatic nitrogens is 1. The lowest BCUT2D eigenvalue weighted by Crippen LogP contribution is -2.04. The molecule has 4 nitrogen and oxygen atoms in total. The van der Waals surface area contributed by atoms with E-state index in [1.807, 2.05) is 13.8 Å². The smallest absolute Gasteiger partial charge is 0.209 e. The number of H-pyrrole nitrogens is 1. The highest BCUT2D eigenvalue weighted by Crippen LogP contribution is 2.17. The molecular formula is C14H15NO3S. The highest BCUT2D eigenvalue weighted by molar-refractivity contribution is 7.90. The Bertz CT molecular complexity index is 725. The topological polar surface area (TPSA) is 67.0 Å². The highest BCUT2D eigenvalue weighted by atomic mass is 32.2. The van der Waals surface area contributed by atoms with Crippen molar-refractivity contribution in [2.24, 2.45) is 0 Å². The molecule has 1 heterocycles. The number of sulfone groups is 1. The Morgan fingerprint density at radius 1 is 1.11 bits per heavy atom. The minimum Gasteiger partial charge on any atom is -0.358 e. The lowest BCUT2D eigenvalue weighted by molar-refractivity contribution is 0.103. The van der Waals surface area contributed by atoms with Crippen molar-refractivity contribution < 1.29 is 13.2 Å². The minimum absolute atomic E-state index is 0.134. The molecule has 0 fully saturated rings. The van der Waals surface area contributed by atoms with E-state index in [1.165, 1.54) is 24.3 Å². The van der Waals surface area contributed by atoms with Crippen molar-refractivity contribution in [2.45, 2.75) is 18.7 Å². The van der Waals surface area contributed by atoms with Crippen molar-refractivity contribution in [3.63, 3.8) is 0 Å². The molecule has 19 heavy (non-hydrogen) atoms. The fourth-order valence-electron chi connectivity index (χ4n) is 1.83. The maximum absolute atomic E-state index is 12.3. The first kappa shape index (κ1) is 13.5. The summed E-state index contributed by atoms with van der Waals surface area (Å²) in [5.74, 6) is -0.134. The van der Waals surface area contributed by atoms with Crippen molar-refractivity contribution in [1.29, 1.82) is 0 Å². The number of benzene rings is 1. The molecule has 0 radical (unpaired) electrons. The van der Waals surface area contributed by atoms with E-state index in [1.54, 1.807) is 6.20 Å². The third-order valence-corrected chi connectivity index (χ3v) is 4.30. The summed E-state index contributed by atoms with van der Waals surface area (Å²) >= 11 is 0. The summed E-state index contributed by atoms with van der Waals surface area (Å²) in [5, 5.41) is 0. The molecule has 2 aromatic rings. The molecule has 0 saturated carbocycles. The van der Waals surface area contributed by atoms with E-state index in [4.69, 9.17) is 0 Å². The normalized spacial score (nSPS) is 11.5. The van der Waals surface area contributed by atoms with Crippen molar-refractivity contribution in [2.75, 3.05) is 6.26 Å². The number of nitrogens with one attached hydrogen (secondary N) is 1. The quantitative estimate of drug-likeness (QED) is 0.875. The first-order valence-electron chi connectivity index (χ1n) is 5.80. The zero-order valence-corrected chi connectivity index (χ0v) is 11.8. The van der Waals surface area contributed by atoms with Crippen LogP contribution in [0.1, 0.15) is 27.2 Å². The van der Waals surface area contributed by atoms with Crippen LogP contribution < -0.4 is 0 Å². The third-order valence-electron chi connectivity index (χ3n) is 3.17. The van der Waals surface area contributed by atoms with Crippen LogP contribution in [0.5, 0.6) is 0 Å². The number of ketones is 1. The van der Waals surface area contributed by atoms with E-state index < -0.39 is 9.84 Å². The lowest BCUT2D eigenvalue weighted by Gasteiger charge is -2.03. The number of hydrogen-bond donors (Lipinski definition) is 1. The van der Waals surface area contributed by atoms with Gasteiger partial charge in [0.05, 0.1) is 10.6 Å². The van der Waals surface area contributed by atoms with Gasteiger partial charge in [-0.2, -0.15) is 0 Å². The van der Waals surface area contributed by atoms with Gasteiger partial charge in [0.1, 0.15) is 0 Å². The molecule has 2 rings (SSSR count). The van der Waals surface area contributed by atoms with Crippen LogP contribution in [0.4, 0.5) is 0 Å². The molecular weight excluding hydrogens is 262 g/mol. The number of rotatable bonds is 3. The van der Waals surface area contributed by atoms with Crippen molar-refractivity contribution >= 4 is 15.6 Å². The molecule has 0 aliphatic carbocycles. The summed E-state index contributed by atoms with van der Waals surface area (Å²) in [6, 6.07) is 5.98. The van der Waals surface area contributed by atoms with Gasteiger partial charge in [-0.25, -0.2) is 8.42 Å². The van der Waals surface area contributed by atoms with Crippen LogP contribution in [0.15, 0.2) is 35.4 Å². The summed E-state index contributed by atoms with van der Waals surface area (Å²) in [4.78, 5) is 15.4. The second-order valence-corrected chi connectivity index (χ2v) is 6.61. The van der Waals surface area contributed by atoms with E-state index in [-0.39, 0.29) is 10.7 Å². The first-order valence-corrected chi connectivity index (χ1v) is 7.69. The van der Waals surface area contributed by atoms with Crippen LogP contribution in [-0.4, -0.2) is 25.4 Å². The van der Waals surface area contributed by atoms with Gasteiger partial charge in [-0.15, -0.1) is 0 Å². The van der Waals surface area contributed by atoms with Crippen molar-refractivity contribution in [1.82, 2.24) is 4.98 Å². The van der Waals surface area contributed by atoms with Crippen LogP contribution in [0, 0.1) is 13.8 Å². The summed E-state index contributed by atoms with van der Waals surface area (Å²) in [6.45, 7) is 3.80. The van der Waals surface area contributed by atoms with Crippen molar-refractivity contribution in [3.8, 4) is 0 Å². The Morgan fingerprint density at radius 2 is 1.68 bits per heavy atom. The Hall–Kier alpha value is -1.88. The molecule has 1 aromatic heterocycles. The Labute approximate surface area is 112 Å². The van der Waals surface area contributed by atoms with Gasteiger partial charge in [0, 0.05) is 18.0 Å². The molecule has 0 aliphatic rings. The van der Waals surface area contributed by atoms with E-state index in [0.717, 1.165) is 17.4 Å². The molecule has 0 amide bonds. The Morgan fingerprint density at radius 3 is 2.11 bits per heavy atom. The monoisotopic (exact) mass is 277 g/mol. The van der Waals surface area contributed by atoms with Gasteiger partial charge in [0.2, 0.25) is 5.78 Å². The van der Waals surface area contributed by atoms with Crippen LogP contribution >= 0.6 is 0 Å². The number of aromatic amines is 1. The molecule has 1 N–H and O–H groups in total. The van der Waals surface area contributed by atoms with E-state index in [0.29, 0.717) is 11.3 Å². The van der Waals surface area contributed by atoms with Gasteiger partial charge in [-0.05, 0) is 49.2 Å².